The molecule has 0 spiro atoms. The van der Waals surface area contributed by atoms with Crippen molar-refractivity contribution in [1.29, 1.82) is 0 Å². The fourth-order valence-electron chi connectivity index (χ4n) is 2.09. The van der Waals surface area contributed by atoms with Gasteiger partial charge in [-0.3, -0.25) is 19.3 Å². The van der Waals surface area contributed by atoms with Gasteiger partial charge in [-0.15, -0.1) is 0 Å². The lowest BCUT2D eigenvalue weighted by Gasteiger charge is -2.31. The van der Waals surface area contributed by atoms with Crippen LogP contribution >= 0.6 is 0 Å². The number of rotatable bonds is 5. The van der Waals surface area contributed by atoms with Gasteiger partial charge >= 0.3 is 5.97 Å². The van der Waals surface area contributed by atoms with Crippen molar-refractivity contribution in [2.75, 3.05) is 40.3 Å². The molecule has 0 unspecified atom stereocenters. The zero-order valence-electron chi connectivity index (χ0n) is 11.4. The van der Waals surface area contributed by atoms with Gasteiger partial charge in [-0.1, -0.05) is 0 Å². The van der Waals surface area contributed by atoms with Crippen molar-refractivity contribution >= 4 is 17.8 Å². The van der Waals surface area contributed by atoms with Gasteiger partial charge in [0.25, 0.3) is 0 Å². The minimum absolute atomic E-state index is 0.0600. The lowest BCUT2D eigenvalue weighted by atomic mass is 9.97. The van der Waals surface area contributed by atoms with Gasteiger partial charge in [0.1, 0.15) is 0 Å². The van der Waals surface area contributed by atoms with Crippen LogP contribution in [0.25, 0.3) is 0 Å². The number of hydrogen-bond acceptors (Lipinski definition) is 4. The number of carbonyl (C=O) groups excluding carboxylic acids is 2. The first-order chi connectivity index (χ1) is 8.93. The molecule has 0 atom stereocenters. The number of nitrogens with one attached hydrogen (secondary N) is 1. The molecule has 0 saturated carbocycles. The minimum Gasteiger partial charge on any atom is -0.481 e. The number of carboxylic acid groups (broad SMARTS) is 1. The second-order valence-electron chi connectivity index (χ2n) is 4.84. The fourth-order valence-corrected chi connectivity index (χ4v) is 2.09. The highest BCUT2D eigenvalue weighted by Crippen LogP contribution is 2.17. The number of carboxylic acids is 1. The summed E-state index contributed by atoms with van der Waals surface area (Å²) in [6, 6.07) is 0. The third-order valence-electron chi connectivity index (χ3n) is 3.29. The Morgan fingerprint density at radius 3 is 2.32 bits per heavy atom. The molecule has 1 aliphatic heterocycles. The summed E-state index contributed by atoms with van der Waals surface area (Å²) in [6.07, 6.45) is 1.00. The van der Waals surface area contributed by atoms with E-state index >= 15 is 0 Å². The van der Waals surface area contributed by atoms with Gasteiger partial charge in [0.05, 0.1) is 19.0 Å². The van der Waals surface area contributed by atoms with Crippen LogP contribution in [0.3, 0.4) is 0 Å². The van der Waals surface area contributed by atoms with E-state index in [9.17, 15) is 14.4 Å². The molecular formula is C12H21N3O4. The van der Waals surface area contributed by atoms with E-state index in [0.29, 0.717) is 25.9 Å². The summed E-state index contributed by atoms with van der Waals surface area (Å²) in [5, 5.41) is 11.4. The van der Waals surface area contributed by atoms with E-state index in [2.05, 4.69) is 5.32 Å². The molecule has 7 heteroatoms. The first-order valence-electron chi connectivity index (χ1n) is 6.33. The van der Waals surface area contributed by atoms with Gasteiger partial charge in [0.2, 0.25) is 11.8 Å². The highest BCUT2D eigenvalue weighted by Gasteiger charge is 2.27. The van der Waals surface area contributed by atoms with Crippen molar-refractivity contribution in [1.82, 2.24) is 15.1 Å². The van der Waals surface area contributed by atoms with Crippen molar-refractivity contribution in [2.24, 2.45) is 5.92 Å². The second kappa shape index (κ2) is 7.08. The highest BCUT2D eigenvalue weighted by atomic mass is 16.4. The van der Waals surface area contributed by atoms with Crippen LogP contribution in [0.4, 0.5) is 0 Å². The molecule has 0 radical (unpaired) electrons. The highest BCUT2D eigenvalue weighted by molar-refractivity contribution is 5.81. The maximum Gasteiger partial charge on any atom is 0.306 e. The molecule has 1 heterocycles. The molecule has 108 valence electrons. The zero-order chi connectivity index (χ0) is 14.4. The number of hydrogen-bond donors (Lipinski definition) is 2. The van der Waals surface area contributed by atoms with E-state index in [1.165, 1.54) is 0 Å². The molecule has 1 fully saturated rings. The van der Waals surface area contributed by atoms with Crippen LogP contribution < -0.4 is 5.32 Å². The normalized spacial score (nSPS) is 16.5. The van der Waals surface area contributed by atoms with Gasteiger partial charge in [-0.05, 0) is 19.9 Å². The number of aliphatic carboxylic acids is 1. The van der Waals surface area contributed by atoms with Gasteiger partial charge in [0.15, 0.2) is 0 Å². The Morgan fingerprint density at radius 1 is 1.26 bits per heavy atom. The van der Waals surface area contributed by atoms with Crippen LogP contribution in [0, 0.1) is 5.92 Å². The van der Waals surface area contributed by atoms with Crippen molar-refractivity contribution in [3.8, 4) is 0 Å². The summed E-state index contributed by atoms with van der Waals surface area (Å²) in [5.41, 5.74) is 0. The molecule has 19 heavy (non-hydrogen) atoms. The molecule has 7 nitrogen and oxygen atoms in total. The molecular weight excluding hydrogens is 250 g/mol. The average molecular weight is 271 g/mol. The lowest BCUT2D eigenvalue weighted by Crippen LogP contribution is -2.45. The van der Waals surface area contributed by atoms with Gasteiger partial charge in [0, 0.05) is 20.1 Å². The van der Waals surface area contributed by atoms with Gasteiger partial charge < -0.3 is 15.3 Å². The fraction of sp³-hybridized carbons (Fsp3) is 0.750. The first-order valence-corrected chi connectivity index (χ1v) is 6.33. The third kappa shape index (κ3) is 4.86. The molecule has 0 aromatic carbocycles. The maximum atomic E-state index is 12.0. The molecule has 0 aliphatic carbocycles. The Kier molecular flexibility index (Phi) is 5.75. The van der Waals surface area contributed by atoms with Crippen LogP contribution in [0.1, 0.15) is 12.8 Å². The van der Waals surface area contributed by atoms with Crippen LogP contribution in [-0.2, 0) is 14.4 Å². The molecule has 0 aromatic rings. The van der Waals surface area contributed by atoms with E-state index in [4.69, 9.17) is 5.11 Å². The Morgan fingerprint density at radius 2 is 1.84 bits per heavy atom. The van der Waals surface area contributed by atoms with Crippen molar-refractivity contribution in [3.63, 3.8) is 0 Å². The van der Waals surface area contributed by atoms with Crippen molar-refractivity contribution < 1.29 is 19.5 Å². The maximum absolute atomic E-state index is 12.0. The summed E-state index contributed by atoms with van der Waals surface area (Å²) in [6.45, 7) is 1.30. The lowest BCUT2D eigenvalue weighted by molar-refractivity contribution is -0.146. The quantitative estimate of drug-likeness (QED) is 0.668. The summed E-state index contributed by atoms with van der Waals surface area (Å²) in [4.78, 5) is 37.2. The largest absolute Gasteiger partial charge is 0.481 e. The number of piperidine rings is 1. The zero-order valence-corrected chi connectivity index (χ0v) is 11.4. The average Bonchev–Trinajstić information content (AvgIpc) is 2.38. The number of nitrogens with zero attached hydrogens (tertiary/aromatic N) is 2. The van der Waals surface area contributed by atoms with E-state index < -0.39 is 5.97 Å². The van der Waals surface area contributed by atoms with E-state index in [0.717, 1.165) is 0 Å². The SMILES string of the molecule is CNC(=O)CN(C)CC(=O)N1CCC(C(=O)O)CC1. The van der Waals surface area contributed by atoms with Gasteiger partial charge in [-0.25, -0.2) is 0 Å². The van der Waals surface area contributed by atoms with Crippen LogP contribution in [0.5, 0.6) is 0 Å². The Hall–Kier alpha value is -1.63. The molecule has 1 saturated heterocycles. The molecule has 0 aromatic heterocycles. The van der Waals surface area contributed by atoms with E-state index in [1.807, 2.05) is 0 Å². The summed E-state index contributed by atoms with van der Waals surface area (Å²) < 4.78 is 0. The molecule has 2 amide bonds. The van der Waals surface area contributed by atoms with Crippen molar-refractivity contribution in [2.45, 2.75) is 12.8 Å². The number of carbonyl (C=O) groups is 3. The van der Waals surface area contributed by atoms with E-state index in [1.54, 1.807) is 23.9 Å². The summed E-state index contributed by atoms with van der Waals surface area (Å²) in [7, 11) is 3.26. The molecule has 1 aliphatic rings. The van der Waals surface area contributed by atoms with Crippen LogP contribution in [-0.4, -0.2) is 73.0 Å². The first kappa shape index (κ1) is 15.4. The topological polar surface area (TPSA) is 90.0 Å². The Balaban J connectivity index is 2.35. The predicted molar refractivity (Wildman–Crippen MR) is 68.5 cm³/mol. The second-order valence-corrected chi connectivity index (χ2v) is 4.84. The summed E-state index contributed by atoms with van der Waals surface area (Å²) >= 11 is 0. The number of likely N-dealkylation sites (tertiary alicyclic amines) is 1. The van der Waals surface area contributed by atoms with E-state index in [-0.39, 0.29) is 30.8 Å². The van der Waals surface area contributed by atoms with Gasteiger partial charge in [-0.2, -0.15) is 0 Å². The standard InChI is InChI=1S/C12H21N3O4/c1-13-10(16)7-14(2)8-11(17)15-5-3-9(4-6-15)12(18)19/h9H,3-8H2,1-2H3,(H,13,16)(H,18,19). The molecule has 0 bridgehead atoms. The number of amides is 2. The Bertz CT molecular complexity index is 351. The smallest absolute Gasteiger partial charge is 0.306 e. The minimum atomic E-state index is -0.788. The molecule has 2 N–H and O–H groups in total. The van der Waals surface area contributed by atoms with Crippen molar-refractivity contribution in [3.05, 3.63) is 0 Å². The monoisotopic (exact) mass is 271 g/mol. The predicted octanol–water partition coefficient (Wildman–Crippen LogP) is -1.01. The van der Waals surface area contributed by atoms with Crippen LogP contribution in [0.2, 0.25) is 0 Å². The summed E-state index contributed by atoms with van der Waals surface area (Å²) in [5.74, 6) is -1.33. The molecule has 1 rings (SSSR count). The number of likely N-dealkylation sites (N-methyl/N-ethyl adjacent to an activating group) is 2. The third-order valence-corrected chi connectivity index (χ3v) is 3.29. The van der Waals surface area contributed by atoms with Crippen LogP contribution in [0.15, 0.2) is 0 Å². The Labute approximate surface area is 112 Å².